The Kier molecular flexibility index (Phi) is 7.27. The molecule has 0 spiro atoms. The number of thioether (sulfide) groups is 1. The van der Waals surface area contributed by atoms with Crippen LogP contribution in [0.2, 0.25) is 0 Å². The molecule has 114 valence electrons. The molecule has 0 aliphatic heterocycles. The Bertz CT molecular complexity index is 496. The number of aliphatic hydroxyl groups excluding tert-OH is 1. The number of carbonyl (C=O) groups is 1. The summed E-state index contributed by atoms with van der Waals surface area (Å²) in [5.74, 6) is 1.12. The quantitative estimate of drug-likeness (QED) is 0.774. The minimum absolute atomic E-state index is 0.00792. The van der Waals surface area contributed by atoms with Gasteiger partial charge in [-0.1, -0.05) is 19.1 Å². The number of amides is 1. The number of carbonyl (C=O) groups excluding carboxylic acids is 1. The molecule has 0 aliphatic carbocycles. The lowest BCUT2D eigenvalue weighted by Gasteiger charge is -2.28. The fraction of sp³-hybridized carbons (Fsp3) is 0.500. The van der Waals surface area contributed by atoms with Crippen LogP contribution < -0.4 is 5.32 Å². The van der Waals surface area contributed by atoms with Crippen molar-refractivity contribution in [2.45, 2.75) is 38.0 Å². The van der Waals surface area contributed by atoms with Gasteiger partial charge in [0.2, 0.25) is 5.91 Å². The number of nitriles is 1. The Labute approximate surface area is 130 Å². The summed E-state index contributed by atoms with van der Waals surface area (Å²) in [5, 5.41) is 20.7. The van der Waals surface area contributed by atoms with Crippen molar-refractivity contribution in [1.29, 1.82) is 5.26 Å². The highest BCUT2D eigenvalue weighted by atomic mass is 32.2. The van der Waals surface area contributed by atoms with Crippen LogP contribution in [0.3, 0.4) is 0 Å². The molecule has 2 N–H and O–H groups in total. The summed E-state index contributed by atoms with van der Waals surface area (Å²) < 4.78 is 0. The van der Waals surface area contributed by atoms with Gasteiger partial charge in [-0.15, -0.1) is 11.8 Å². The standard InChI is InChI=1S/C16H22N2O2S/c1-3-16(2,8-9-19)18-15(20)12-21-11-14-6-4-13(10-17)5-7-14/h4-7,19H,3,8-9,11-12H2,1-2H3,(H,18,20). The number of hydrogen-bond donors (Lipinski definition) is 2. The first kappa shape index (κ1) is 17.5. The summed E-state index contributed by atoms with van der Waals surface area (Å²) >= 11 is 1.54. The van der Waals surface area contributed by atoms with Crippen molar-refractivity contribution in [1.82, 2.24) is 5.32 Å². The molecule has 0 bridgehead atoms. The number of nitrogens with zero attached hydrogens (tertiary/aromatic N) is 1. The van der Waals surface area contributed by atoms with Crippen molar-refractivity contribution in [2.24, 2.45) is 0 Å². The van der Waals surface area contributed by atoms with Crippen molar-refractivity contribution in [3.05, 3.63) is 35.4 Å². The lowest BCUT2D eigenvalue weighted by molar-refractivity contribution is -0.120. The van der Waals surface area contributed by atoms with Crippen molar-refractivity contribution < 1.29 is 9.90 Å². The van der Waals surface area contributed by atoms with E-state index in [2.05, 4.69) is 11.4 Å². The van der Waals surface area contributed by atoms with Gasteiger partial charge in [-0.25, -0.2) is 0 Å². The van der Waals surface area contributed by atoms with Crippen LogP contribution in [0.5, 0.6) is 0 Å². The highest BCUT2D eigenvalue weighted by molar-refractivity contribution is 7.99. The first-order valence-electron chi connectivity index (χ1n) is 7.01. The fourth-order valence-corrected chi connectivity index (χ4v) is 2.67. The van der Waals surface area contributed by atoms with Crippen LogP contribution in [0.4, 0.5) is 0 Å². The maximum absolute atomic E-state index is 11.9. The smallest absolute Gasteiger partial charge is 0.230 e. The van der Waals surface area contributed by atoms with Crippen molar-refractivity contribution in [2.75, 3.05) is 12.4 Å². The number of hydrogen-bond acceptors (Lipinski definition) is 4. The number of nitrogens with one attached hydrogen (secondary N) is 1. The van der Waals surface area contributed by atoms with Gasteiger partial charge in [0.25, 0.3) is 0 Å². The highest BCUT2D eigenvalue weighted by Crippen LogP contribution is 2.16. The van der Waals surface area contributed by atoms with Crippen molar-refractivity contribution >= 4 is 17.7 Å². The summed E-state index contributed by atoms with van der Waals surface area (Å²) in [6.07, 6.45) is 1.36. The average Bonchev–Trinajstić information content (AvgIpc) is 2.48. The van der Waals surface area contributed by atoms with Crippen LogP contribution in [-0.2, 0) is 10.5 Å². The zero-order valence-electron chi connectivity index (χ0n) is 12.6. The van der Waals surface area contributed by atoms with E-state index in [4.69, 9.17) is 10.4 Å². The summed E-state index contributed by atoms with van der Waals surface area (Å²) in [5.41, 5.74) is 1.41. The second-order valence-electron chi connectivity index (χ2n) is 5.24. The van der Waals surface area contributed by atoms with Crippen molar-refractivity contribution in [3.8, 4) is 6.07 Å². The topological polar surface area (TPSA) is 73.1 Å². The van der Waals surface area contributed by atoms with Gasteiger partial charge in [-0.05, 0) is 37.5 Å². The van der Waals surface area contributed by atoms with E-state index in [0.29, 0.717) is 17.7 Å². The second kappa shape index (κ2) is 8.71. The lowest BCUT2D eigenvalue weighted by Crippen LogP contribution is -2.46. The molecular formula is C16H22N2O2S. The molecule has 4 nitrogen and oxygen atoms in total. The van der Waals surface area contributed by atoms with Gasteiger partial charge in [0, 0.05) is 17.9 Å². The first-order chi connectivity index (χ1) is 10.0. The fourth-order valence-electron chi connectivity index (χ4n) is 1.88. The Morgan fingerprint density at radius 1 is 1.43 bits per heavy atom. The van der Waals surface area contributed by atoms with E-state index in [1.165, 1.54) is 11.8 Å². The van der Waals surface area contributed by atoms with E-state index in [1.54, 1.807) is 12.1 Å². The van der Waals surface area contributed by atoms with Gasteiger partial charge < -0.3 is 10.4 Å². The van der Waals surface area contributed by atoms with Crippen LogP contribution in [-0.4, -0.2) is 28.9 Å². The van der Waals surface area contributed by atoms with Crippen LogP contribution in [0.15, 0.2) is 24.3 Å². The Morgan fingerprint density at radius 2 is 2.10 bits per heavy atom. The summed E-state index contributed by atoms with van der Waals surface area (Å²) in [6.45, 7) is 4.02. The van der Waals surface area contributed by atoms with Crippen LogP contribution >= 0.6 is 11.8 Å². The Balaban J connectivity index is 2.37. The molecule has 0 radical (unpaired) electrons. The normalized spacial score (nSPS) is 13.2. The number of rotatable bonds is 8. The maximum atomic E-state index is 11.9. The monoisotopic (exact) mass is 306 g/mol. The Morgan fingerprint density at radius 3 is 2.62 bits per heavy atom. The molecule has 0 heterocycles. The lowest BCUT2D eigenvalue weighted by atomic mass is 9.95. The van der Waals surface area contributed by atoms with E-state index in [-0.39, 0.29) is 18.1 Å². The van der Waals surface area contributed by atoms with Gasteiger partial charge >= 0.3 is 0 Å². The first-order valence-corrected chi connectivity index (χ1v) is 8.17. The molecule has 1 aromatic rings. The highest BCUT2D eigenvalue weighted by Gasteiger charge is 2.23. The maximum Gasteiger partial charge on any atom is 0.230 e. The predicted molar refractivity (Wildman–Crippen MR) is 85.9 cm³/mol. The van der Waals surface area contributed by atoms with E-state index in [1.807, 2.05) is 26.0 Å². The largest absolute Gasteiger partial charge is 0.396 e. The summed E-state index contributed by atoms with van der Waals surface area (Å²) in [4.78, 5) is 11.9. The Hall–Kier alpha value is -1.51. The second-order valence-corrected chi connectivity index (χ2v) is 6.22. The van der Waals surface area contributed by atoms with Gasteiger partial charge in [-0.2, -0.15) is 5.26 Å². The third-order valence-corrected chi connectivity index (χ3v) is 4.47. The zero-order chi connectivity index (χ0) is 15.7. The summed E-state index contributed by atoms with van der Waals surface area (Å²) in [7, 11) is 0. The predicted octanol–water partition coefficient (Wildman–Crippen LogP) is 2.46. The molecule has 0 aliphatic rings. The number of aliphatic hydroxyl groups is 1. The van der Waals surface area contributed by atoms with Crippen LogP contribution in [0.1, 0.15) is 37.8 Å². The molecule has 1 rings (SSSR count). The van der Waals surface area contributed by atoms with Crippen LogP contribution in [0.25, 0.3) is 0 Å². The van der Waals surface area contributed by atoms with E-state index >= 15 is 0 Å². The minimum Gasteiger partial charge on any atom is -0.396 e. The van der Waals surface area contributed by atoms with Crippen LogP contribution in [0, 0.1) is 11.3 Å². The molecule has 5 heteroatoms. The SMILES string of the molecule is CCC(C)(CCO)NC(=O)CSCc1ccc(C#N)cc1. The zero-order valence-corrected chi connectivity index (χ0v) is 13.4. The third kappa shape index (κ3) is 6.19. The third-order valence-electron chi connectivity index (χ3n) is 3.47. The molecule has 1 aromatic carbocycles. The van der Waals surface area contributed by atoms with Gasteiger partial charge in [0.15, 0.2) is 0 Å². The minimum atomic E-state index is -0.333. The molecule has 21 heavy (non-hydrogen) atoms. The van der Waals surface area contributed by atoms with E-state index in [9.17, 15) is 4.79 Å². The van der Waals surface area contributed by atoms with Gasteiger partial charge in [0.05, 0.1) is 17.4 Å². The molecule has 1 unspecified atom stereocenters. The molecule has 0 aromatic heterocycles. The van der Waals surface area contributed by atoms with Crippen molar-refractivity contribution in [3.63, 3.8) is 0 Å². The summed E-state index contributed by atoms with van der Waals surface area (Å²) in [6, 6.07) is 9.46. The molecule has 0 saturated carbocycles. The molecule has 1 atom stereocenters. The molecular weight excluding hydrogens is 284 g/mol. The average molecular weight is 306 g/mol. The van der Waals surface area contributed by atoms with Gasteiger partial charge in [0.1, 0.15) is 0 Å². The van der Waals surface area contributed by atoms with E-state index in [0.717, 1.165) is 17.7 Å². The molecule has 0 fully saturated rings. The number of benzene rings is 1. The van der Waals surface area contributed by atoms with Gasteiger partial charge in [-0.3, -0.25) is 4.79 Å². The molecule has 0 saturated heterocycles. The molecule has 1 amide bonds. The van der Waals surface area contributed by atoms with E-state index < -0.39 is 0 Å².